The maximum atomic E-state index is 12.0. The van der Waals surface area contributed by atoms with Crippen LogP contribution in [0.1, 0.15) is 10.4 Å². The van der Waals surface area contributed by atoms with E-state index in [2.05, 4.69) is 10.3 Å². The van der Waals surface area contributed by atoms with Crippen molar-refractivity contribution in [1.29, 1.82) is 0 Å². The van der Waals surface area contributed by atoms with Crippen molar-refractivity contribution in [2.45, 2.75) is 0 Å². The number of amides is 1. The van der Waals surface area contributed by atoms with Crippen molar-refractivity contribution in [2.75, 3.05) is 5.32 Å². The predicted octanol–water partition coefficient (Wildman–Crippen LogP) is 3.55. The zero-order chi connectivity index (χ0) is 14.7. The van der Waals surface area contributed by atoms with Crippen molar-refractivity contribution in [2.24, 2.45) is 0 Å². The predicted molar refractivity (Wildman–Crippen MR) is 75.3 cm³/mol. The highest BCUT2D eigenvalue weighted by atomic mass is 35.5. The zero-order valence-corrected chi connectivity index (χ0v) is 11.4. The second-order valence-electron chi connectivity index (χ2n) is 3.74. The minimum absolute atomic E-state index is 0.00221. The average molecular weight is 312 g/mol. The van der Waals surface area contributed by atoms with Crippen LogP contribution in [0.4, 0.5) is 11.5 Å². The largest absolute Gasteiger partial charge is 0.307 e. The number of hydrogen-bond donors (Lipinski definition) is 1. The van der Waals surface area contributed by atoms with Crippen LogP contribution in [0.5, 0.6) is 0 Å². The number of benzene rings is 1. The van der Waals surface area contributed by atoms with Gasteiger partial charge in [-0.3, -0.25) is 14.9 Å². The molecule has 6 nitrogen and oxygen atoms in total. The number of carbonyl (C=O) groups excluding carboxylic acids is 1. The minimum Gasteiger partial charge on any atom is -0.307 e. The van der Waals surface area contributed by atoms with E-state index in [1.54, 1.807) is 6.07 Å². The SMILES string of the molecule is O=C(Nc1ccc(Cl)cn1)c1cc([N+](=O)[O-])ccc1Cl. The van der Waals surface area contributed by atoms with E-state index in [4.69, 9.17) is 23.2 Å². The lowest BCUT2D eigenvalue weighted by Crippen LogP contribution is -2.13. The number of nitro benzene ring substituents is 1. The van der Waals surface area contributed by atoms with Crippen LogP contribution in [-0.4, -0.2) is 15.8 Å². The van der Waals surface area contributed by atoms with Gasteiger partial charge in [0.1, 0.15) is 5.82 Å². The first-order valence-corrected chi connectivity index (χ1v) is 6.10. The molecule has 0 saturated heterocycles. The summed E-state index contributed by atoms with van der Waals surface area (Å²) in [5, 5.41) is 13.7. The Morgan fingerprint density at radius 3 is 2.60 bits per heavy atom. The molecule has 2 aromatic rings. The molecule has 0 bridgehead atoms. The Labute approximate surface area is 123 Å². The monoisotopic (exact) mass is 311 g/mol. The number of nitrogens with zero attached hydrogens (tertiary/aromatic N) is 2. The van der Waals surface area contributed by atoms with Crippen molar-refractivity contribution < 1.29 is 9.72 Å². The van der Waals surface area contributed by atoms with Gasteiger partial charge in [0.15, 0.2) is 0 Å². The van der Waals surface area contributed by atoms with Gasteiger partial charge in [0.2, 0.25) is 0 Å². The summed E-state index contributed by atoms with van der Waals surface area (Å²) in [6.07, 6.45) is 1.37. The molecule has 0 aliphatic rings. The highest BCUT2D eigenvalue weighted by molar-refractivity contribution is 6.34. The summed E-state index contributed by atoms with van der Waals surface area (Å²) >= 11 is 11.5. The number of pyridine rings is 1. The Bertz CT molecular complexity index is 674. The standard InChI is InChI=1S/C12H7Cl2N3O3/c13-7-1-4-11(15-6-7)16-12(18)9-5-8(17(19)20)2-3-10(9)14/h1-6H,(H,15,16,18). The molecule has 2 rings (SSSR count). The minimum atomic E-state index is -0.604. The van der Waals surface area contributed by atoms with E-state index in [0.29, 0.717) is 5.02 Å². The van der Waals surface area contributed by atoms with E-state index in [0.717, 1.165) is 6.07 Å². The lowest BCUT2D eigenvalue weighted by atomic mass is 10.2. The van der Waals surface area contributed by atoms with Crippen LogP contribution in [0.15, 0.2) is 36.5 Å². The van der Waals surface area contributed by atoms with Gasteiger partial charge in [0.05, 0.1) is 20.5 Å². The molecule has 1 heterocycles. The molecule has 0 atom stereocenters. The first kappa shape index (κ1) is 14.2. The number of non-ortho nitro benzene ring substituents is 1. The molecule has 1 aromatic carbocycles. The van der Waals surface area contributed by atoms with Crippen molar-refractivity contribution in [1.82, 2.24) is 4.98 Å². The van der Waals surface area contributed by atoms with Crippen LogP contribution in [0.25, 0.3) is 0 Å². The molecule has 102 valence electrons. The molecular formula is C12H7Cl2N3O3. The fraction of sp³-hybridized carbons (Fsp3) is 0. The molecule has 0 aliphatic heterocycles. The van der Waals surface area contributed by atoms with Crippen molar-refractivity contribution in [3.63, 3.8) is 0 Å². The molecule has 1 N–H and O–H groups in total. The fourth-order valence-electron chi connectivity index (χ4n) is 1.43. The third-order valence-electron chi connectivity index (χ3n) is 2.37. The van der Waals surface area contributed by atoms with Crippen LogP contribution in [0, 0.1) is 10.1 Å². The second-order valence-corrected chi connectivity index (χ2v) is 4.58. The highest BCUT2D eigenvalue weighted by Gasteiger charge is 2.16. The van der Waals surface area contributed by atoms with Gasteiger partial charge in [-0.2, -0.15) is 0 Å². The normalized spacial score (nSPS) is 10.1. The molecule has 1 aromatic heterocycles. The van der Waals surface area contributed by atoms with Gasteiger partial charge >= 0.3 is 0 Å². The molecule has 8 heteroatoms. The molecule has 1 amide bonds. The first-order valence-electron chi connectivity index (χ1n) is 5.34. The van der Waals surface area contributed by atoms with Gasteiger partial charge in [-0.15, -0.1) is 0 Å². The Balaban J connectivity index is 2.26. The fourth-order valence-corrected chi connectivity index (χ4v) is 1.75. The lowest BCUT2D eigenvalue weighted by molar-refractivity contribution is -0.384. The van der Waals surface area contributed by atoms with E-state index in [-0.39, 0.29) is 22.1 Å². The highest BCUT2D eigenvalue weighted by Crippen LogP contribution is 2.23. The van der Waals surface area contributed by atoms with Gasteiger partial charge in [0.25, 0.3) is 11.6 Å². The number of hydrogen-bond acceptors (Lipinski definition) is 4. The maximum Gasteiger partial charge on any atom is 0.270 e. The lowest BCUT2D eigenvalue weighted by Gasteiger charge is -2.06. The zero-order valence-electron chi connectivity index (χ0n) is 9.84. The summed E-state index contributed by atoms with van der Waals surface area (Å²) in [7, 11) is 0. The second kappa shape index (κ2) is 5.85. The molecule has 0 radical (unpaired) electrons. The van der Waals surface area contributed by atoms with Crippen LogP contribution >= 0.6 is 23.2 Å². The molecule has 0 unspecified atom stereocenters. The molecule has 0 fully saturated rings. The van der Waals surface area contributed by atoms with Crippen molar-refractivity contribution in [3.8, 4) is 0 Å². The third-order valence-corrected chi connectivity index (χ3v) is 2.93. The summed E-state index contributed by atoms with van der Waals surface area (Å²) in [6, 6.07) is 6.68. The van der Waals surface area contributed by atoms with E-state index >= 15 is 0 Å². The van der Waals surface area contributed by atoms with Gasteiger partial charge in [-0.1, -0.05) is 23.2 Å². The number of carbonyl (C=O) groups is 1. The van der Waals surface area contributed by atoms with Crippen molar-refractivity contribution >= 4 is 40.6 Å². The molecule has 0 spiro atoms. The van der Waals surface area contributed by atoms with Crippen molar-refractivity contribution in [3.05, 3.63) is 62.3 Å². The van der Waals surface area contributed by atoms with Crippen LogP contribution < -0.4 is 5.32 Å². The quantitative estimate of drug-likeness (QED) is 0.693. The number of anilines is 1. The topological polar surface area (TPSA) is 85.1 Å². The Hall–Kier alpha value is -2.18. The van der Waals surface area contributed by atoms with Gasteiger partial charge in [-0.05, 0) is 18.2 Å². The molecule has 0 aliphatic carbocycles. The van der Waals surface area contributed by atoms with Crippen LogP contribution in [0.2, 0.25) is 10.0 Å². The Kier molecular flexibility index (Phi) is 4.16. The summed E-state index contributed by atoms with van der Waals surface area (Å²) in [6.45, 7) is 0. The van der Waals surface area contributed by atoms with Gasteiger partial charge in [-0.25, -0.2) is 4.98 Å². The first-order chi connectivity index (χ1) is 9.47. The van der Waals surface area contributed by atoms with Crippen LogP contribution in [0.3, 0.4) is 0 Å². The number of rotatable bonds is 3. The van der Waals surface area contributed by atoms with Gasteiger partial charge < -0.3 is 5.32 Å². The number of nitrogens with one attached hydrogen (secondary N) is 1. The summed E-state index contributed by atoms with van der Waals surface area (Å²) < 4.78 is 0. The van der Waals surface area contributed by atoms with E-state index < -0.39 is 10.8 Å². The molecule has 0 saturated carbocycles. The summed E-state index contributed by atoms with van der Waals surface area (Å²) in [4.78, 5) is 26.0. The number of halogens is 2. The van der Waals surface area contributed by atoms with E-state index in [1.807, 2.05) is 0 Å². The van der Waals surface area contributed by atoms with Gasteiger partial charge in [0, 0.05) is 18.3 Å². The average Bonchev–Trinajstić information content (AvgIpc) is 2.41. The third kappa shape index (κ3) is 3.23. The summed E-state index contributed by atoms with van der Waals surface area (Å²) in [5.41, 5.74) is -0.221. The molecule has 20 heavy (non-hydrogen) atoms. The molecular weight excluding hydrogens is 305 g/mol. The maximum absolute atomic E-state index is 12.0. The number of nitro groups is 1. The summed E-state index contributed by atoms with van der Waals surface area (Å²) in [5.74, 6) is -0.324. The number of aromatic nitrogens is 1. The van der Waals surface area contributed by atoms with E-state index in [9.17, 15) is 14.9 Å². The van der Waals surface area contributed by atoms with Crippen LogP contribution in [-0.2, 0) is 0 Å². The smallest absolute Gasteiger partial charge is 0.270 e. The Morgan fingerprint density at radius 2 is 2.00 bits per heavy atom. The Morgan fingerprint density at radius 1 is 1.25 bits per heavy atom. The van der Waals surface area contributed by atoms with E-state index in [1.165, 1.54) is 24.4 Å².